The molecule has 2 rings (SSSR count). The molecule has 0 fully saturated rings. The number of nitrogens with one attached hydrogen (secondary N) is 2. The number of aliphatic imine (C=N–C) groups is 1. The van der Waals surface area contributed by atoms with E-state index in [1.54, 1.807) is 21.3 Å². The molecule has 2 aromatic carbocycles. The van der Waals surface area contributed by atoms with E-state index in [9.17, 15) is 0 Å². The number of hydrogen-bond donors (Lipinski definition) is 2. The number of hydrogen-bond acceptors (Lipinski definition) is 4. The number of guanidine groups is 1. The van der Waals surface area contributed by atoms with Crippen LogP contribution in [-0.4, -0.2) is 47.9 Å². The van der Waals surface area contributed by atoms with Gasteiger partial charge in [0.2, 0.25) is 0 Å². The van der Waals surface area contributed by atoms with Crippen LogP contribution in [0.15, 0.2) is 47.5 Å². The summed E-state index contributed by atoms with van der Waals surface area (Å²) in [6, 6.07) is 14.5. The monoisotopic (exact) mass is 498 g/mol. The molecule has 0 saturated carbocycles. The third-order valence-corrected chi connectivity index (χ3v) is 4.29. The maximum absolute atomic E-state index is 5.35. The third kappa shape index (κ3) is 7.10. The topological polar surface area (TPSA) is 58.1 Å². The van der Waals surface area contributed by atoms with Crippen molar-refractivity contribution in [2.24, 2.45) is 4.99 Å². The number of rotatable bonds is 8. The maximum Gasteiger partial charge on any atom is 0.191 e. The number of methoxy groups -OCH3 is 2. The quantitative estimate of drug-likeness (QED) is 0.333. The summed E-state index contributed by atoms with van der Waals surface area (Å²) in [5.41, 5.74) is 3.59. The Morgan fingerprint density at radius 3 is 2.14 bits per heavy atom. The van der Waals surface area contributed by atoms with E-state index in [0.29, 0.717) is 6.54 Å². The van der Waals surface area contributed by atoms with Gasteiger partial charge in [0.25, 0.3) is 0 Å². The molecule has 0 aliphatic rings. The predicted octanol–water partition coefficient (Wildman–Crippen LogP) is 3.30. The van der Waals surface area contributed by atoms with Gasteiger partial charge in [-0.3, -0.25) is 4.99 Å². The van der Waals surface area contributed by atoms with Crippen molar-refractivity contribution in [1.29, 1.82) is 0 Å². The van der Waals surface area contributed by atoms with Crippen LogP contribution in [0.3, 0.4) is 0 Å². The Balaban J connectivity index is 0.00000392. The lowest BCUT2D eigenvalue weighted by molar-refractivity contribution is 0.354. The number of anilines is 1. The van der Waals surface area contributed by atoms with Crippen LogP contribution in [0.1, 0.15) is 11.1 Å². The fraction of sp³-hybridized carbons (Fsp3) is 0.381. The van der Waals surface area contributed by atoms with E-state index < -0.39 is 0 Å². The molecule has 0 bridgehead atoms. The second-order valence-corrected chi connectivity index (χ2v) is 6.35. The zero-order valence-electron chi connectivity index (χ0n) is 17.3. The highest BCUT2D eigenvalue weighted by Crippen LogP contribution is 2.27. The van der Waals surface area contributed by atoms with Gasteiger partial charge in [-0.15, -0.1) is 24.0 Å². The SMILES string of the molecule is CN=C(NCCc1ccc(N(C)C)cc1)NCc1ccc(OC)c(OC)c1.I. The summed E-state index contributed by atoms with van der Waals surface area (Å²) in [4.78, 5) is 6.38. The van der Waals surface area contributed by atoms with Gasteiger partial charge in [-0.25, -0.2) is 0 Å². The fourth-order valence-corrected chi connectivity index (χ4v) is 2.68. The second-order valence-electron chi connectivity index (χ2n) is 6.35. The predicted molar refractivity (Wildman–Crippen MR) is 128 cm³/mol. The summed E-state index contributed by atoms with van der Waals surface area (Å²) in [5, 5.41) is 6.67. The first-order valence-electron chi connectivity index (χ1n) is 8.99. The van der Waals surface area contributed by atoms with Crippen LogP contribution in [0.25, 0.3) is 0 Å². The van der Waals surface area contributed by atoms with Crippen molar-refractivity contribution in [3.05, 3.63) is 53.6 Å². The minimum Gasteiger partial charge on any atom is -0.493 e. The molecule has 0 unspecified atom stereocenters. The number of nitrogens with zero attached hydrogens (tertiary/aromatic N) is 2. The van der Waals surface area contributed by atoms with E-state index in [0.717, 1.165) is 36.0 Å². The lowest BCUT2D eigenvalue weighted by Crippen LogP contribution is -2.37. The third-order valence-electron chi connectivity index (χ3n) is 4.29. The standard InChI is InChI=1S/C21H30N4O2.HI/c1-22-21(23-13-12-16-6-9-18(10-7-16)25(2)3)24-15-17-8-11-19(26-4)20(14-17)27-5;/h6-11,14H,12-13,15H2,1-5H3,(H2,22,23,24);1H. The Bertz CT molecular complexity index is 749. The Labute approximate surface area is 185 Å². The molecular weight excluding hydrogens is 467 g/mol. The van der Waals surface area contributed by atoms with Crippen molar-refractivity contribution < 1.29 is 9.47 Å². The van der Waals surface area contributed by atoms with Gasteiger partial charge in [-0.05, 0) is 41.8 Å². The fourth-order valence-electron chi connectivity index (χ4n) is 2.68. The molecule has 0 heterocycles. The van der Waals surface area contributed by atoms with E-state index in [4.69, 9.17) is 9.47 Å². The van der Waals surface area contributed by atoms with E-state index in [1.165, 1.54) is 11.3 Å². The molecule has 0 saturated heterocycles. The molecule has 6 nitrogen and oxygen atoms in total. The summed E-state index contributed by atoms with van der Waals surface area (Å²) in [5.74, 6) is 2.22. The van der Waals surface area contributed by atoms with Crippen LogP contribution in [0, 0.1) is 0 Å². The Hall–Kier alpha value is -2.16. The smallest absolute Gasteiger partial charge is 0.191 e. The number of halogens is 1. The highest BCUT2D eigenvalue weighted by molar-refractivity contribution is 14.0. The minimum absolute atomic E-state index is 0. The van der Waals surface area contributed by atoms with E-state index >= 15 is 0 Å². The summed E-state index contributed by atoms with van der Waals surface area (Å²) in [7, 11) is 9.14. The first kappa shape index (κ1) is 23.9. The van der Waals surface area contributed by atoms with Crippen LogP contribution in [0.2, 0.25) is 0 Å². The highest BCUT2D eigenvalue weighted by Gasteiger charge is 2.05. The van der Waals surface area contributed by atoms with Crippen molar-refractivity contribution in [1.82, 2.24) is 10.6 Å². The van der Waals surface area contributed by atoms with Crippen molar-refractivity contribution in [2.45, 2.75) is 13.0 Å². The van der Waals surface area contributed by atoms with Gasteiger partial charge in [-0.1, -0.05) is 18.2 Å². The lowest BCUT2D eigenvalue weighted by atomic mass is 10.1. The van der Waals surface area contributed by atoms with Gasteiger partial charge >= 0.3 is 0 Å². The molecule has 0 aliphatic carbocycles. The van der Waals surface area contributed by atoms with Gasteiger partial charge in [0.15, 0.2) is 17.5 Å². The zero-order valence-corrected chi connectivity index (χ0v) is 19.6. The lowest BCUT2D eigenvalue weighted by Gasteiger charge is -2.14. The van der Waals surface area contributed by atoms with Gasteiger partial charge < -0.3 is 25.0 Å². The summed E-state index contributed by atoms with van der Waals surface area (Å²) >= 11 is 0. The second kappa shape index (κ2) is 12.3. The average molecular weight is 498 g/mol. The molecular formula is C21H31IN4O2. The van der Waals surface area contributed by atoms with Crippen molar-refractivity contribution in [2.75, 3.05) is 46.8 Å². The molecule has 0 spiro atoms. The average Bonchev–Trinajstić information content (AvgIpc) is 2.70. The molecule has 0 radical (unpaired) electrons. The normalized spacial score (nSPS) is 10.7. The van der Waals surface area contributed by atoms with Crippen LogP contribution < -0.4 is 25.0 Å². The molecule has 7 heteroatoms. The molecule has 154 valence electrons. The maximum atomic E-state index is 5.35. The van der Waals surface area contributed by atoms with E-state index in [1.807, 2.05) is 32.3 Å². The summed E-state index contributed by atoms with van der Waals surface area (Å²) in [6.45, 7) is 1.46. The van der Waals surface area contributed by atoms with Crippen LogP contribution in [0.4, 0.5) is 5.69 Å². The number of benzene rings is 2. The van der Waals surface area contributed by atoms with E-state index in [-0.39, 0.29) is 24.0 Å². The van der Waals surface area contributed by atoms with Crippen LogP contribution in [0.5, 0.6) is 11.5 Å². The van der Waals surface area contributed by atoms with E-state index in [2.05, 4.69) is 44.8 Å². The Morgan fingerprint density at radius 1 is 0.929 bits per heavy atom. The zero-order chi connectivity index (χ0) is 19.6. The number of ether oxygens (including phenoxy) is 2. The first-order chi connectivity index (χ1) is 13.1. The first-order valence-corrected chi connectivity index (χ1v) is 8.99. The molecule has 0 atom stereocenters. The van der Waals surface area contributed by atoms with Crippen molar-refractivity contribution >= 4 is 35.6 Å². The minimum atomic E-state index is 0. The Morgan fingerprint density at radius 2 is 1.57 bits per heavy atom. The highest BCUT2D eigenvalue weighted by atomic mass is 127. The molecule has 2 N–H and O–H groups in total. The van der Waals surface area contributed by atoms with Crippen LogP contribution >= 0.6 is 24.0 Å². The largest absolute Gasteiger partial charge is 0.493 e. The van der Waals surface area contributed by atoms with Gasteiger partial charge in [-0.2, -0.15) is 0 Å². The summed E-state index contributed by atoms with van der Waals surface area (Å²) in [6.07, 6.45) is 0.935. The van der Waals surface area contributed by atoms with Gasteiger partial charge in [0.1, 0.15) is 0 Å². The van der Waals surface area contributed by atoms with Crippen molar-refractivity contribution in [3.8, 4) is 11.5 Å². The molecule has 0 aromatic heterocycles. The molecule has 28 heavy (non-hydrogen) atoms. The molecule has 2 aromatic rings. The molecule has 0 aliphatic heterocycles. The van der Waals surface area contributed by atoms with Gasteiger partial charge in [0, 0.05) is 39.9 Å². The summed E-state index contributed by atoms with van der Waals surface area (Å²) < 4.78 is 10.6. The van der Waals surface area contributed by atoms with Gasteiger partial charge in [0.05, 0.1) is 14.2 Å². The van der Waals surface area contributed by atoms with Crippen LogP contribution in [-0.2, 0) is 13.0 Å². The Kier molecular flexibility index (Phi) is 10.5. The van der Waals surface area contributed by atoms with Crippen molar-refractivity contribution in [3.63, 3.8) is 0 Å². The molecule has 0 amide bonds.